The summed E-state index contributed by atoms with van der Waals surface area (Å²) in [6.07, 6.45) is 0.937. The minimum atomic E-state index is -0.714. The van der Waals surface area contributed by atoms with Crippen molar-refractivity contribution in [1.29, 1.82) is 5.26 Å². The van der Waals surface area contributed by atoms with E-state index in [2.05, 4.69) is 20.6 Å². The van der Waals surface area contributed by atoms with E-state index < -0.39 is 16.4 Å². The number of anilines is 3. The van der Waals surface area contributed by atoms with Crippen molar-refractivity contribution in [3.8, 4) is 5.40 Å². The highest BCUT2D eigenvalue weighted by atomic mass is 32.2. The summed E-state index contributed by atoms with van der Waals surface area (Å²) in [5, 5.41) is 26.3. The quantitative estimate of drug-likeness (QED) is 0.210. The van der Waals surface area contributed by atoms with E-state index in [9.17, 15) is 19.3 Å². The molecule has 120 valence electrons. The molecule has 1 aromatic heterocycles. The highest BCUT2D eigenvalue weighted by molar-refractivity contribution is 8.03. The maximum absolute atomic E-state index is 13.4. The van der Waals surface area contributed by atoms with Crippen molar-refractivity contribution in [2.24, 2.45) is 0 Å². The van der Waals surface area contributed by atoms with Gasteiger partial charge in [0.2, 0.25) is 13.8 Å². The predicted octanol–water partition coefficient (Wildman–Crippen LogP) is 2.01. The second-order valence-corrected chi connectivity index (χ2v) is 5.10. The molecular formula is C12H8BFN6O3S. The Morgan fingerprint density at radius 3 is 2.83 bits per heavy atom. The first kappa shape index (κ1) is 17.2. The number of hydrogen-bond acceptors (Lipinski definition) is 8. The normalized spacial score (nSPS) is 9.83. The minimum Gasteiger partial charge on any atom is -0.334 e. The lowest BCUT2D eigenvalue weighted by Gasteiger charge is -2.11. The molecule has 0 fully saturated rings. The summed E-state index contributed by atoms with van der Waals surface area (Å²) in [7, 11) is 1.29. The molecule has 0 unspecified atom stereocenters. The van der Waals surface area contributed by atoms with E-state index >= 15 is 0 Å². The van der Waals surface area contributed by atoms with E-state index in [1.807, 2.05) is 0 Å². The third-order valence-corrected chi connectivity index (χ3v) is 3.20. The van der Waals surface area contributed by atoms with Crippen LogP contribution in [0.5, 0.6) is 0 Å². The van der Waals surface area contributed by atoms with Crippen LogP contribution in [0.2, 0.25) is 0 Å². The van der Waals surface area contributed by atoms with Crippen molar-refractivity contribution in [3.63, 3.8) is 0 Å². The molecule has 0 saturated heterocycles. The molecule has 2 aromatic rings. The Morgan fingerprint density at radius 2 is 2.21 bits per heavy atom. The summed E-state index contributed by atoms with van der Waals surface area (Å²) in [6.45, 7) is 0. The van der Waals surface area contributed by atoms with Crippen LogP contribution in [0.15, 0.2) is 29.4 Å². The molecule has 24 heavy (non-hydrogen) atoms. The van der Waals surface area contributed by atoms with E-state index in [0.29, 0.717) is 11.8 Å². The Balaban J connectivity index is 2.39. The first-order chi connectivity index (χ1) is 11.4. The number of thioether (sulfide) groups is 1. The number of carbonyl (C=O) groups is 1. The summed E-state index contributed by atoms with van der Waals surface area (Å²) < 4.78 is 13.4. The summed E-state index contributed by atoms with van der Waals surface area (Å²) in [5.41, 5.74) is 0.0146. The molecule has 0 aliphatic heterocycles. The van der Waals surface area contributed by atoms with E-state index in [1.165, 1.54) is 13.9 Å². The summed E-state index contributed by atoms with van der Waals surface area (Å²) >= 11 is 0.502. The summed E-state index contributed by atoms with van der Waals surface area (Å²) in [6, 6.07) is 3.60. The van der Waals surface area contributed by atoms with Crippen molar-refractivity contribution >= 4 is 48.4 Å². The molecule has 0 aliphatic rings. The fraction of sp³-hybridized carbons (Fsp3) is 0. The Morgan fingerprint density at radius 1 is 1.46 bits per heavy atom. The highest BCUT2D eigenvalue weighted by Crippen LogP contribution is 2.29. The standard InChI is InChI=1S/C12H8BFN6O3S/c13-11(21)17-7-2-1-6(14)3-8(7)18-12-16-4-9(20(22)23)10(19-12)24-5-15/h1-4H,13H2,(H,17,21)(H,16,18,19). The fourth-order valence-corrected chi connectivity index (χ4v) is 2.15. The zero-order valence-corrected chi connectivity index (χ0v) is 12.9. The van der Waals surface area contributed by atoms with E-state index in [-0.39, 0.29) is 28.2 Å². The number of thiocyanates is 1. The maximum atomic E-state index is 13.4. The molecule has 1 aromatic carbocycles. The van der Waals surface area contributed by atoms with Crippen molar-refractivity contribution in [2.75, 3.05) is 10.6 Å². The van der Waals surface area contributed by atoms with Crippen LogP contribution in [-0.2, 0) is 0 Å². The van der Waals surface area contributed by atoms with Gasteiger partial charge in [0.25, 0.3) is 0 Å². The van der Waals surface area contributed by atoms with E-state index in [1.54, 1.807) is 5.40 Å². The fourth-order valence-electron chi connectivity index (χ4n) is 1.70. The zero-order valence-electron chi connectivity index (χ0n) is 12.1. The van der Waals surface area contributed by atoms with Crippen LogP contribution in [0.3, 0.4) is 0 Å². The lowest BCUT2D eigenvalue weighted by molar-refractivity contribution is -0.388. The number of amides is 1. The van der Waals surface area contributed by atoms with Crippen LogP contribution < -0.4 is 10.6 Å². The van der Waals surface area contributed by atoms with Gasteiger partial charge < -0.3 is 10.6 Å². The molecule has 0 aliphatic carbocycles. The average molecular weight is 346 g/mol. The molecule has 0 bridgehead atoms. The Hall–Kier alpha value is -3.20. The molecule has 1 amide bonds. The number of aromatic nitrogens is 2. The van der Waals surface area contributed by atoms with Gasteiger partial charge in [0.05, 0.1) is 16.3 Å². The molecule has 12 heteroatoms. The monoisotopic (exact) mass is 346 g/mol. The van der Waals surface area contributed by atoms with Crippen LogP contribution in [0.1, 0.15) is 0 Å². The van der Waals surface area contributed by atoms with Gasteiger partial charge in [-0.05, 0) is 18.2 Å². The van der Waals surface area contributed by atoms with Crippen LogP contribution in [0.25, 0.3) is 0 Å². The van der Waals surface area contributed by atoms with Crippen LogP contribution in [0.4, 0.5) is 32.2 Å². The van der Waals surface area contributed by atoms with Gasteiger partial charge in [-0.15, -0.1) is 0 Å². The number of benzene rings is 1. The van der Waals surface area contributed by atoms with Gasteiger partial charge in [-0.3, -0.25) is 14.9 Å². The van der Waals surface area contributed by atoms with Gasteiger partial charge in [-0.25, -0.2) is 9.37 Å². The first-order valence-corrected chi connectivity index (χ1v) is 7.14. The number of nitrogens with one attached hydrogen (secondary N) is 2. The Kier molecular flexibility index (Phi) is 5.28. The van der Waals surface area contributed by atoms with Crippen molar-refractivity contribution in [2.45, 2.75) is 5.03 Å². The second-order valence-electron chi connectivity index (χ2n) is 4.33. The molecule has 0 atom stereocenters. The van der Waals surface area contributed by atoms with Gasteiger partial charge in [-0.1, -0.05) is 0 Å². The molecular weight excluding hydrogens is 338 g/mol. The maximum Gasteiger partial charge on any atom is 0.320 e. The van der Waals surface area contributed by atoms with Gasteiger partial charge >= 0.3 is 5.69 Å². The van der Waals surface area contributed by atoms with Gasteiger partial charge in [-0.2, -0.15) is 10.2 Å². The number of nitrogens with zero attached hydrogens (tertiary/aromatic N) is 4. The number of rotatable bonds is 5. The van der Waals surface area contributed by atoms with Crippen LogP contribution >= 0.6 is 11.8 Å². The lowest BCUT2D eigenvalue weighted by Crippen LogP contribution is -2.11. The SMILES string of the molecule is BC(=O)Nc1ccc(F)cc1Nc1ncc([N+](=O)[O-])c(SC#N)n1. The molecule has 2 N–H and O–H groups in total. The molecule has 2 rings (SSSR count). The number of hydrogen-bond donors (Lipinski definition) is 2. The molecule has 0 saturated carbocycles. The minimum absolute atomic E-state index is 0.0875. The zero-order chi connectivity index (χ0) is 17.7. The molecule has 0 spiro atoms. The van der Waals surface area contributed by atoms with Gasteiger partial charge in [0, 0.05) is 11.8 Å². The first-order valence-electron chi connectivity index (χ1n) is 6.32. The Labute approximate surface area is 139 Å². The number of nitriles is 1. The number of halogens is 1. The molecule has 1 heterocycles. The van der Waals surface area contributed by atoms with Gasteiger partial charge in [0.15, 0.2) is 10.8 Å². The highest BCUT2D eigenvalue weighted by Gasteiger charge is 2.18. The number of carbonyl (C=O) groups excluding carboxylic acids is 1. The van der Waals surface area contributed by atoms with E-state index in [4.69, 9.17) is 5.26 Å². The Bertz CT molecular complexity index is 859. The largest absolute Gasteiger partial charge is 0.334 e. The van der Waals surface area contributed by atoms with Crippen LogP contribution in [-0.4, -0.2) is 28.5 Å². The topological polar surface area (TPSA) is 134 Å². The molecule has 9 nitrogen and oxygen atoms in total. The third-order valence-electron chi connectivity index (χ3n) is 2.61. The van der Waals surface area contributed by atoms with Crippen molar-refractivity contribution in [3.05, 3.63) is 40.3 Å². The summed E-state index contributed by atoms with van der Waals surface area (Å²) in [4.78, 5) is 29.0. The third kappa shape index (κ3) is 4.17. The van der Waals surface area contributed by atoms with Crippen molar-refractivity contribution in [1.82, 2.24) is 9.97 Å². The van der Waals surface area contributed by atoms with Crippen LogP contribution in [0, 0.1) is 26.6 Å². The average Bonchev–Trinajstić information content (AvgIpc) is 2.50. The number of nitro groups is 1. The second kappa shape index (κ2) is 7.38. The molecule has 0 radical (unpaired) electrons. The summed E-state index contributed by atoms with van der Waals surface area (Å²) in [5.74, 6) is -1.02. The predicted molar refractivity (Wildman–Crippen MR) is 87.4 cm³/mol. The lowest BCUT2D eigenvalue weighted by atomic mass is 10.1. The van der Waals surface area contributed by atoms with Crippen molar-refractivity contribution < 1.29 is 14.1 Å². The van der Waals surface area contributed by atoms with E-state index in [0.717, 1.165) is 18.3 Å². The van der Waals surface area contributed by atoms with Gasteiger partial charge in [0.1, 0.15) is 17.4 Å². The smallest absolute Gasteiger partial charge is 0.320 e.